The van der Waals surface area contributed by atoms with Crippen molar-refractivity contribution in [2.75, 3.05) is 13.1 Å². The number of amides is 1. The molecule has 0 aliphatic carbocycles. The quantitative estimate of drug-likeness (QED) is 0.374. The van der Waals surface area contributed by atoms with Gasteiger partial charge in [-0.15, -0.1) is 0 Å². The molecule has 1 aromatic rings. The highest BCUT2D eigenvalue weighted by Crippen LogP contribution is 2.20. The largest absolute Gasteiger partial charge is 0.409 e. The lowest BCUT2D eigenvalue weighted by Gasteiger charge is -2.32. The van der Waals surface area contributed by atoms with Crippen LogP contribution < -0.4 is 5.73 Å². The Balaban J connectivity index is 2.16. The van der Waals surface area contributed by atoms with Gasteiger partial charge in [0.15, 0.2) is 0 Å². The number of oxime groups is 1. The first-order chi connectivity index (χ1) is 9.52. The van der Waals surface area contributed by atoms with Crippen molar-refractivity contribution < 1.29 is 18.8 Å². The SMILES string of the molecule is NC(=NO)C1CCCN(C(=O)c2ccc(F)cc2F)C1. The molecule has 1 atom stereocenters. The van der Waals surface area contributed by atoms with Crippen molar-refractivity contribution in [3.63, 3.8) is 0 Å². The van der Waals surface area contributed by atoms with Gasteiger partial charge in [0.25, 0.3) is 5.91 Å². The van der Waals surface area contributed by atoms with Crippen LogP contribution in [0.2, 0.25) is 0 Å². The average molecular weight is 283 g/mol. The number of amidine groups is 1. The van der Waals surface area contributed by atoms with Crippen molar-refractivity contribution in [2.24, 2.45) is 16.8 Å². The zero-order valence-electron chi connectivity index (χ0n) is 10.7. The van der Waals surface area contributed by atoms with Crippen LogP contribution >= 0.6 is 0 Å². The fourth-order valence-corrected chi connectivity index (χ4v) is 2.32. The molecule has 1 aliphatic heterocycles. The predicted molar refractivity (Wildman–Crippen MR) is 68.4 cm³/mol. The maximum absolute atomic E-state index is 13.6. The summed E-state index contributed by atoms with van der Waals surface area (Å²) in [6.45, 7) is 0.719. The Morgan fingerprint density at radius 2 is 2.20 bits per heavy atom. The Morgan fingerprint density at radius 3 is 2.85 bits per heavy atom. The van der Waals surface area contributed by atoms with Crippen LogP contribution in [0.5, 0.6) is 0 Å². The van der Waals surface area contributed by atoms with Crippen molar-refractivity contribution in [1.29, 1.82) is 0 Å². The van der Waals surface area contributed by atoms with Crippen LogP contribution in [0.4, 0.5) is 8.78 Å². The third-order valence-corrected chi connectivity index (χ3v) is 3.40. The lowest BCUT2D eigenvalue weighted by molar-refractivity contribution is 0.0696. The summed E-state index contributed by atoms with van der Waals surface area (Å²) >= 11 is 0. The number of benzene rings is 1. The maximum atomic E-state index is 13.6. The molecule has 1 fully saturated rings. The number of carbonyl (C=O) groups is 1. The summed E-state index contributed by atoms with van der Waals surface area (Å²) in [5.74, 6) is -2.32. The van der Waals surface area contributed by atoms with Crippen molar-refractivity contribution in [1.82, 2.24) is 4.90 Å². The van der Waals surface area contributed by atoms with Gasteiger partial charge in [-0.1, -0.05) is 5.16 Å². The molecule has 1 aromatic carbocycles. The number of hydrogen-bond acceptors (Lipinski definition) is 3. The standard InChI is InChI=1S/C13H15F2N3O2/c14-9-3-4-10(11(15)6-9)13(19)18-5-1-2-8(7-18)12(16)17-20/h3-4,6,8,20H,1-2,5,7H2,(H2,16,17). The van der Waals surface area contributed by atoms with Crippen molar-refractivity contribution in [2.45, 2.75) is 12.8 Å². The highest BCUT2D eigenvalue weighted by Gasteiger charge is 2.28. The molecular formula is C13H15F2N3O2. The monoisotopic (exact) mass is 283 g/mol. The third-order valence-electron chi connectivity index (χ3n) is 3.40. The van der Waals surface area contributed by atoms with E-state index in [0.29, 0.717) is 25.5 Å². The zero-order valence-corrected chi connectivity index (χ0v) is 10.7. The summed E-state index contributed by atoms with van der Waals surface area (Å²) in [7, 11) is 0. The van der Waals surface area contributed by atoms with Crippen LogP contribution in [-0.4, -0.2) is 34.9 Å². The molecule has 1 amide bonds. The van der Waals surface area contributed by atoms with Crippen molar-refractivity contribution in [3.8, 4) is 0 Å². The molecule has 1 aliphatic rings. The molecular weight excluding hydrogens is 268 g/mol. The van der Waals surface area contributed by atoms with Crippen LogP contribution in [0.15, 0.2) is 23.4 Å². The number of halogens is 2. The molecule has 1 saturated heterocycles. The molecule has 0 aromatic heterocycles. The number of piperidine rings is 1. The Kier molecular flexibility index (Phi) is 4.16. The second-order valence-corrected chi connectivity index (χ2v) is 4.74. The first-order valence-electron chi connectivity index (χ1n) is 6.24. The molecule has 0 radical (unpaired) electrons. The first-order valence-corrected chi connectivity index (χ1v) is 6.24. The average Bonchev–Trinajstić information content (AvgIpc) is 2.46. The van der Waals surface area contributed by atoms with Crippen LogP contribution in [0, 0.1) is 17.6 Å². The van der Waals surface area contributed by atoms with Crippen molar-refractivity contribution in [3.05, 3.63) is 35.4 Å². The van der Waals surface area contributed by atoms with Gasteiger partial charge in [-0.3, -0.25) is 4.79 Å². The minimum atomic E-state index is -0.888. The lowest BCUT2D eigenvalue weighted by atomic mass is 9.96. The Labute approximate surface area is 114 Å². The van der Waals surface area contributed by atoms with Crippen LogP contribution in [0.3, 0.4) is 0 Å². The van der Waals surface area contributed by atoms with Crippen molar-refractivity contribution >= 4 is 11.7 Å². The summed E-state index contributed by atoms with van der Waals surface area (Å²) in [5.41, 5.74) is 5.36. The van der Waals surface area contributed by atoms with Gasteiger partial charge in [-0.2, -0.15) is 0 Å². The van der Waals surface area contributed by atoms with E-state index in [1.807, 2.05) is 0 Å². The molecule has 1 unspecified atom stereocenters. The van der Waals surface area contributed by atoms with Crippen LogP contribution in [0.25, 0.3) is 0 Å². The Hall–Kier alpha value is -2.18. The highest BCUT2D eigenvalue weighted by molar-refractivity contribution is 5.95. The second-order valence-electron chi connectivity index (χ2n) is 4.74. The first kappa shape index (κ1) is 14.2. The summed E-state index contributed by atoms with van der Waals surface area (Å²) in [6, 6.07) is 2.85. The highest BCUT2D eigenvalue weighted by atomic mass is 19.1. The van der Waals surface area contributed by atoms with Gasteiger partial charge in [-0.05, 0) is 25.0 Å². The van der Waals surface area contributed by atoms with E-state index in [0.717, 1.165) is 12.1 Å². The Bertz CT molecular complexity index is 548. The van der Waals surface area contributed by atoms with Crippen LogP contribution in [0.1, 0.15) is 23.2 Å². The summed E-state index contributed by atoms with van der Waals surface area (Å²) < 4.78 is 26.4. The van der Waals surface area contributed by atoms with E-state index in [9.17, 15) is 13.6 Å². The molecule has 0 bridgehead atoms. The zero-order chi connectivity index (χ0) is 14.7. The molecule has 5 nitrogen and oxygen atoms in total. The van der Waals surface area contributed by atoms with E-state index in [4.69, 9.17) is 10.9 Å². The fourth-order valence-electron chi connectivity index (χ4n) is 2.32. The van der Waals surface area contributed by atoms with E-state index in [-0.39, 0.29) is 23.9 Å². The van der Waals surface area contributed by atoms with Crippen LogP contribution in [-0.2, 0) is 0 Å². The number of likely N-dealkylation sites (tertiary alicyclic amines) is 1. The molecule has 20 heavy (non-hydrogen) atoms. The van der Waals surface area contributed by atoms with Gasteiger partial charge in [-0.25, -0.2) is 8.78 Å². The van der Waals surface area contributed by atoms with E-state index >= 15 is 0 Å². The van der Waals surface area contributed by atoms with E-state index < -0.39 is 17.5 Å². The lowest BCUT2D eigenvalue weighted by Crippen LogP contribution is -2.44. The minimum Gasteiger partial charge on any atom is -0.409 e. The summed E-state index contributed by atoms with van der Waals surface area (Å²) in [6.07, 6.45) is 1.38. The third kappa shape index (κ3) is 2.87. The number of hydrogen-bond donors (Lipinski definition) is 2. The van der Waals surface area contributed by atoms with Gasteiger partial charge in [0.1, 0.15) is 17.5 Å². The summed E-state index contributed by atoms with van der Waals surface area (Å²) in [4.78, 5) is 13.6. The second kappa shape index (κ2) is 5.85. The van der Waals surface area contributed by atoms with E-state index in [2.05, 4.69) is 5.16 Å². The van der Waals surface area contributed by atoms with Gasteiger partial charge in [0.2, 0.25) is 0 Å². The van der Waals surface area contributed by atoms with E-state index in [1.54, 1.807) is 0 Å². The fraction of sp³-hybridized carbons (Fsp3) is 0.385. The Morgan fingerprint density at radius 1 is 1.45 bits per heavy atom. The molecule has 1 heterocycles. The number of nitrogens with zero attached hydrogens (tertiary/aromatic N) is 2. The number of rotatable bonds is 2. The summed E-state index contributed by atoms with van der Waals surface area (Å²) in [5, 5.41) is 11.6. The molecule has 108 valence electrons. The smallest absolute Gasteiger partial charge is 0.256 e. The van der Waals surface area contributed by atoms with Gasteiger partial charge >= 0.3 is 0 Å². The molecule has 7 heteroatoms. The predicted octanol–water partition coefficient (Wildman–Crippen LogP) is 1.56. The number of nitrogens with two attached hydrogens (primary N) is 1. The topological polar surface area (TPSA) is 78.9 Å². The van der Waals surface area contributed by atoms with Gasteiger partial charge < -0.3 is 15.8 Å². The van der Waals surface area contributed by atoms with E-state index in [1.165, 1.54) is 4.90 Å². The maximum Gasteiger partial charge on any atom is 0.256 e. The molecule has 0 saturated carbocycles. The molecule has 0 spiro atoms. The molecule has 3 N–H and O–H groups in total. The van der Waals surface area contributed by atoms with Gasteiger partial charge in [0, 0.05) is 25.1 Å². The van der Waals surface area contributed by atoms with Gasteiger partial charge in [0.05, 0.1) is 5.56 Å². The minimum absolute atomic E-state index is 0.0575. The normalized spacial score (nSPS) is 20.0. The number of carbonyl (C=O) groups excluding carboxylic acids is 1. The molecule has 2 rings (SSSR count).